The van der Waals surface area contributed by atoms with Crippen molar-refractivity contribution in [2.24, 2.45) is 34.5 Å². The summed E-state index contributed by atoms with van der Waals surface area (Å²) in [5.74, 6) is 4.29. The highest BCUT2D eigenvalue weighted by Crippen LogP contribution is 2.66. The lowest BCUT2D eigenvalue weighted by molar-refractivity contribution is -0.173. The Bertz CT molecular complexity index is 917. The number of hydrogen-bond donors (Lipinski definition) is 1. The molecular weight excluding hydrogens is 414 g/mol. The maximum Gasteiger partial charge on any atom is 0.223 e. The number of aliphatic hydroxyl groups excluding tert-OH is 1. The predicted octanol–water partition coefficient (Wildman–Crippen LogP) is 5.04. The maximum absolute atomic E-state index is 13.3. The Hall–Kier alpha value is -1.75. The van der Waals surface area contributed by atoms with E-state index in [1.807, 2.05) is 18.2 Å². The number of carbonyl (C=O) groups excluding carboxylic acids is 1. The topological polar surface area (TPSA) is 59.0 Å². The summed E-state index contributed by atoms with van der Waals surface area (Å²) in [5, 5.41) is 10.8. The number of nitrogens with zero attached hydrogens (tertiary/aromatic N) is 1. The minimum absolute atomic E-state index is 0.0826. The monoisotopic (exact) mass is 455 g/mol. The van der Waals surface area contributed by atoms with Crippen LogP contribution in [0.15, 0.2) is 18.2 Å². The molecular formula is C28H41NO4. The van der Waals surface area contributed by atoms with Gasteiger partial charge >= 0.3 is 0 Å². The van der Waals surface area contributed by atoms with E-state index in [2.05, 4.69) is 25.7 Å². The molecule has 0 radical (unpaired) electrons. The van der Waals surface area contributed by atoms with Crippen molar-refractivity contribution < 1.29 is 19.4 Å². The first-order chi connectivity index (χ1) is 15.7. The smallest absolute Gasteiger partial charge is 0.223 e. The third kappa shape index (κ3) is 3.40. The molecule has 8 atom stereocenters. The Labute approximate surface area is 198 Å². The van der Waals surface area contributed by atoms with Crippen molar-refractivity contribution in [1.82, 2.24) is 4.90 Å². The molecule has 3 saturated carbocycles. The minimum atomic E-state index is -0.145. The molecule has 0 aromatic heterocycles. The largest absolute Gasteiger partial charge is 0.497 e. The Kier molecular flexibility index (Phi) is 5.70. The first-order valence-corrected chi connectivity index (χ1v) is 12.9. The quantitative estimate of drug-likeness (QED) is 0.691. The highest BCUT2D eigenvalue weighted by Gasteiger charge is 2.63. The number of amides is 1. The third-order valence-corrected chi connectivity index (χ3v) is 10.6. The van der Waals surface area contributed by atoms with Crippen LogP contribution in [-0.2, 0) is 11.3 Å². The van der Waals surface area contributed by atoms with Gasteiger partial charge in [-0.15, -0.1) is 0 Å². The number of ether oxygens (including phenoxy) is 2. The van der Waals surface area contributed by atoms with Gasteiger partial charge in [-0.3, -0.25) is 4.79 Å². The molecule has 1 N–H and O–H groups in total. The summed E-state index contributed by atoms with van der Waals surface area (Å²) >= 11 is 0. The van der Waals surface area contributed by atoms with Crippen molar-refractivity contribution in [2.75, 3.05) is 14.2 Å². The van der Waals surface area contributed by atoms with Gasteiger partial charge in [0.25, 0.3) is 0 Å². The van der Waals surface area contributed by atoms with Gasteiger partial charge in [0.15, 0.2) is 0 Å². The summed E-state index contributed by atoms with van der Waals surface area (Å²) in [7, 11) is 3.34. The molecule has 5 rings (SSSR count). The lowest BCUT2D eigenvalue weighted by Gasteiger charge is -2.63. The zero-order valence-electron chi connectivity index (χ0n) is 21.0. The summed E-state index contributed by atoms with van der Waals surface area (Å²) in [6.45, 7) is 7.83. The number of piperidine rings is 1. The van der Waals surface area contributed by atoms with E-state index < -0.39 is 0 Å². The van der Waals surface area contributed by atoms with E-state index in [0.717, 1.165) is 49.2 Å². The van der Waals surface area contributed by atoms with E-state index in [4.69, 9.17) is 9.47 Å². The van der Waals surface area contributed by atoms with E-state index in [1.54, 1.807) is 14.2 Å². The Morgan fingerprint density at radius 3 is 2.55 bits per heavy atom. The van der Waals surface area contributed by atoms with E-state index >= 15 is 0 Å². The fourth-order valence-electron chi connectivity index (χ4n) is 8.65. The molecule has 1 aromatic rings. The maximum atomic E-state index is 13.3. The van der Waals surface area contributed by atoms with Crippen LogP contribution in [-0.4, -0.2) is 42.3 Å². The van der Waals surface area contributed by atoms with Crippen LogP contribution in [0.3, 0.4) is 0 Å². The SMILES string of the molecule is COc1ccc(CN2C(=O)CC[C@]3(C)[C@H]4CC[C@]5(C)[C@@H](O)CC[C@H]5[C@@H]4[C@@H](C)C[C@@H]23)c(OC)c1. The van der Waals surface area contributed by atoms with Gasteiger partial charge in [0.05, 0.1) is 20.3 Å². The van der Waals surface area contributed by atoms with Crippen LogP contribution in [0.1, 0.15) is 71.3 Å². The molecule has 1 aliphatic heterocycles. The number of rotatable bonds is 4. The number of aliphatic hydroxyl groups is 1. The molecule has 0 unspecified atom stereocenters. The highest BCUT2D eigenvalue weighted by atomic mass is 16.5. The molecule has 0 spiro atoms. The van der Waals surface area contributed by atoms with Crippen molar-refractivity contribution >= 4 is 5.91 Å². The summed E-state index contributed by atoms with van der Waals surface area (Å²) in [6.07, 6.45) is 6.96. The average Bonchev–Trinajstić information content (AvgIpc) is 3.11. The molecule has 0 bridgehead atoms. The third-order valence-electron chi connectivity index (χ3n) is 10.6. The fraction of sp³-hybridized carbons (Fsp3) is 0.750. The standard InChI is InChI=1S/C28H41NO4/c1-17-14-23-27(2,21-10-12-28(3)20(26(17)21)8-9-24(28)30)13-11-25(31)29(23)16-18-6-7-19(32-4)15-22(18)33-5/h6-7,15,17,20-21,23-24,26,30H,8-14,16H2,1-5H3/t17-,20-,21-,23+,24-,26-,27+,28-/m0/s1. The zero-order valence-corrected chi connectivity index (χ0v) is 21.0. The van der Waals surface area contributed by atoms with Crippen LogP contribution < -0.4 is 9.47 Å². The van der Waals surface area contributed by atoms with Crippen molar-refractivity contribution in [1.29, 1.82) is 0 Å². The van der Waals surface area contributed by atoms with E-state index in [1.165, 1.54) is 6.42 Å². The van der Waals surface area contributed by atoms with Crippen LogP contribution >= 0.6 is 0 Å². The molecule has 1 saturated heterocycles. The Morgan fingerprint density at radius 1 is 1.06 bits per heavy atom. The molecule has 33 heavy (non-hydrogen) atoms. The fourth-order valence-corrected chi connectivity index (χ4v) is 8.65. The summed E-state index contributed by atoms with van der Waals surface area (Å²) in [5.41, 5.74) is 1.26. The molecule has 4 aliphatic rings. The van der Waals surface area contributed by atoms with Crippen LogP contribution in [0.4, 0.5) is 0 Å². The second kappa shape index (κ2) is 8.18. The van der Waals surface area contributed by atoms with Crippen molar-refractivity contribution in [2.45, 2.75) is 84.4 Å². The predicted molar refractivity (Wildman–Crippen MR) is 128 cm³/mol. The summed E-state index contributed by atoms with van der Waals surface area (Å²) in [4.78, 5) is 15.5. The van der Waals surface area contributed by atoms with Crippen molar-refractivity contribution in [3.05, 3.63) is 23.8 Å². The van der Waals surface area contributed by atoms with Gasteiger partial charge in [0, 0.05) is 30.6 Å². The van der Waals surface area contributed by atoms with Gasteiger partial charge in [-0.05, 0) is 85.2 Å². The minimum Gasteiger partial charge on any atom is -0.497 e. The second-order valence-corrected chi connectivity index (χ2v) is 11.9. The van der Waals surface area contributed by atoms with Crippen LogP contribution in [0, 0.1) is 34.5 Å². The van der Waals surface area contributed by atoms with E-state index in [0.29, 0.717) is 36.6 Å². The van der Waals surface area contributed by atoms with Gasteiger partial charge in [0.2, 0.25) is 5.91 Å². The second-order valence-electron chi connectivity index (χ2n) is 11.9. The highest BCUT2D eigenvalue weighted by molar-refractivity contribution is 5.78. The Morgan fingerprint density at radius 2 is 1.82 bits per heavy atom. The normalized spacial score (nSPS) is 42.4. The van der Waals surface area contributed by atoms with Crippen LogP contribution in [0.5, 0.6) is 11.5 Å². The number of fused-ring (bicyclic) bond motifs is 5. The van der Waals surface area contributed by atoms with Crippen molar-refractivity contribution in [3.8, 4) is 11.5 Å². The number of carbonyl (C=O) groups is 1. The first-order valence-electron chi connectivity index (χ1n) is 12.9. The molecule has 5 nitrogen and oxygen atoms in total. The van der Waals surface area contributed by atoms with Gasteiger partial charge in [-0.1, -0.05) is 20.8 Å². The molecule has 1 aromatic carbocycles. The lowest BCUT2D eigenvalue weighted by Crippen LogP contribution is -2.64. The Balaban J connectivity index is 1.46. The van der Waals surface area contributed by atoms with Gasteiger partial charge < -0.3 is 19.5 Å². The van der Waals surface area contributed by atoms with Gasteiger partial charge in [0.1, 0.15) is 11.5 Å². The number of hydrogen-bond acceptors (Lipinski definition) is 4. The van der Waals surface area contributed by atoms with Crippen LogP contribution in [0.2, 0.25) is 0 Å². The number of benzene rings is 1. The van der Waals surface area contributed by atoms with Gasteiger partial charge in [-0.2, -0.15) is 0 Å². The first kappa shape index (κ1) is 23.0. The number of methoxy groups -OCH3 is 2. The molecule has 4 fully saturated rings. The summed E-state index contributed by atoms with van der Waals surface area (Å²) < 4.78 is 11.0. The van der Waals surface area contributed by atoms with Crippen molar-refractivity contribution in [3.63, 3.8) is 0 Å². The van der Waals surface area contributed by atoms with E-state index in [9.17, 15) is 9.90 Å². The molecule has 1 amide bonds. The lowest BCUT2D eigenvalue weighted by atomic mass is 9.45. The molecule has 5 heteroatoms. The average molecular weight is 456 g/mol. The zero-order chi connectivity index (χ0) is 23.5. The van der Waals surface area contributed by atoms with Crippen LogP contribution in [0.25, 0.3) is 0 Å². The molecule has 3 aliphatic carbocycles. The summed E-state index contributed by atoms with van der Waals surface area (Å²) in [6, 6.07) is 6.17. The molecule has 182 valence electrons. The van der Waals surface area contributed by atoms with E-state index in [-0.39, 0.29) is 28.9 Å². The van der Waals surface area contributed by atoms with Gasteiger partial charge in [-0.25, -0.2) is 0 Å². The molecule has 1 heterocycles. The number of likely N-dealkylation sites (tertiary alicyclic amines) is 1.